The van der Waals surface area contributed by atoms with Gasteiger partial charge in [-0.3, -0.25) is 4.79 Å². The lowest BCUT2D eigenvalue weighted by molar-refractivity contribution is -0.123. The van der Waals surface area contributed by atoms with Gasteiger partial charge in [0, 0.05) is 31.4 Å². The van der Waals surface area contributed by atoms with Crippen molar-refractivity contribution in [3.63, 3.8) is 0 Å². The van der Waals surface area contributed by atoms with Crippen LogP contribution >= 0.6 is 0 Å². The fraction of sp³-hybridized carbons (Fsp3) is 0.444. The molecule has 0 bridgehead atoms. The Morgan fingerprint density at radius 1 is 1.33 bits per heavy atom. The van der Waals surface area contributed by atoms with E-state index in [0.29, 0.717) is 13.2 Å². The van der Waals surface area contributed by atoms with Gasteiger partial charge in [-0.15, -0.1) is 0 Å². The normalized spacial score (nSPS) is 20.1. The minimum Gasteiger partial charge on any atom is -0.486 e. The zero-order valence-corrected chi connectivity index (χ0v) is 13.7. The van der Waals surface area contributed by atoms with Gasteiger partial charge in [0.05, 0.1) is 5.92 Å². The molecular formula is C18H21N3O3. The molecule has 0 radical (unpaired) electrons. The summed E-state index contributed by atoms with van der Waals surface area (Å²) >= 11 is 0. The van der Waals surface area contributed by atoms with E-state index in [1.165, 1.54) is 0 Å². The van der Waals surface area contributed by atoms with Gasteiger partial charge in [-0.05, 0) is 31.0 Å². The van der Waals surface area contributed by atoms with Crippen molar-refractivity contribution in [2.24, 2.45) is 0 Å². The predicted octanol–water partition coefficient (Wildman–Crippen LogP) is 1.89. The Labute approximate surface area is 140 Å². The van der Waals surface area contributed by atoms with Gasteiger partial charge in [-0.2, -0.15) is 0 Å². The largest absolute Gasteiger partial charge is 0.486 e. The number of rotatable bonds is 3. The minimum atomic E-state index is -0.231. The number of hydrogen-bond acceptors (Lipinski definition) is 4. The zero-order valence-electron chi connectivity index (χ0n) is 13.7. The van der Waals surface area contributed by atoms with E-state index < -0.39 is 0 Å². The van der Waals surface area contributed by atoms with Crippen LogP contribution < -0.4 is 14.8 Å². The summed E-state index contributed by atoms with van der Waals surface area (Å²) < 4.78 is 13.3. The second-order valence-electron chi connectivity index (χ2n) is 6.36. The molecule has 1 aromatic heterocycles. The molecule has 3 heterocycles. The van der Waals surface area contributed by atoms with Gasteiger partial charge in [0.25, 0.3) is 0 Å². The molecule has 6 heteroatoms. The molecule has 4 rings (SSSR count). The van der Waals surface area contributed by atoms with Crippen LogP contribution in [0.1, 0.15) is 30.7 Å². The molecule has 0 spiro atoms. The second kappa shape index (κ2) is 6.19. The Kier molecular flexibility index (Phi) is 3.88. The lowest BCUT2D eigenvalue weighted by Crippen LogP contribution is -2.42. The number of carbonyl (C=O) groups is 1. The minimum absolute atomic E-state index is 0.0419. The van der Waals surface area contributed by atoms with Crippen LogP contribution in [0.4, 0.5) is 0 Å². The molecule has 0 aliphatic carbocycles. The molecule has 2 aromatic rings. The van der Waals surface area contributed by atoms with Crippen molar-refractivity contribution >= 4 is 5.91 Å². The summed E-state index contributed by atoms with van der Waals surface area (Å²) in [6.07, 6.45) is 5.61. The van der Waals surface area contributed by atoms with Gasteiger partial charge in [-0.1, -0.05) is 6.07 Å². The van der Waals surface area contributed by atoms with Crippen LogP contribution in [0, 0.1) is 0 Å². The van der Waals surface area contributed by atoms with Gasteiger partial charge in [-0.25, -0.2) is 4.98 Å². The van der Waals surface area contributed by atoms with Gasteiger partial charge >= 0.3 is 0 Å². The SMILES string of the molecule is C[C@H](C(=O)N[C@H]1CCc2nccn2C1)c1ccc2c(c1)OCCO2. The molecule has 0 unspecified atom stereocenters. The highest BCUT2D eigenvalue weighted by atomic mass is 16.6. The van der Waals surface area contributed by atoms with Crippen molar-refractivity contribution in [1.82, 2.24) is 14.9 Å². The summed E-state index contributed by atoms with van der Waals surface area (Å²) in [7, 11) is 0. The standard InChI is InChI=1S/C18H21N3O3/c1-12(13-2-4-15-16(10-13)24-9-8-23-15)18(22)20-14-3-5-17-19-6-7-21(17)11-14/h2,4,6-7,10,12,14H,3,5,8-9,11H2,1H3,(H,20,22)/t12-,14-/m0/s1. The van der Waals surface area contributed by atoms with E-state index >= 15 is 0 Å². The molecule has 0 fully saturated rings. The number of nitrogens with one attached hydrogen (secondary N) is 1. The summed E-state index contributed by atoms with van der Waals surface area (Å²) in [5, 5.41) is 3.17. The summed E-state index contributed by atoms with van der Waals surface area (Å²) in [5.74, 6) is 2.38. The number of hydrogen-bond donors (Lipinski definition) is 1. The first kappa shape index (κ1) is 15.1. The van der Waals surface area contributed by atoms with Crippen LogP contribution in [-0.4, -0.2) is 34.7 Å². The Morgan fingerprint density at radius 2 is 2.17 bits per heavy atom. The van der Waals surface area contributed by atoms with Crippen molar-refractivity contribution in [2.75, 3.05) is 13.2 Å². The van der Waals surface area contributed by atoms with Crippen LogP contribution in [0.5, 0.6) is 11.5 Å². The first-order valence-electron chi connectivity index (χ1n) is 8.40. The van der Waals surface area contributed by atoms with Gasteiger partial charge in [0.2, 0.25) is 5.91 Å². The molecule has 1 amide bonds. The van der Waals surface area contributed by atoms with Crippen LogP contribution in [0.15, 0.2) is 30.6 Å². The Balaban J connectivity index is 1.43. The summed E-state index contributed by atoms with van der Waals surface area (Å²) in [6, 6.07) is 5.88. The molecule has 24 heavy (non-hydrogen) atoms. The van der Waals surface area contributed by atoms with Crippen LogP contribution in [-0.2, 0) is 17.8 Å². The molecule has 1 aromatic carbocycles. The molecular weight excluding hydrogens is 306 g/mol. The lowest BCUT2D eigenvalue weighted by atomic mass is 9.98. The van der Waals surface area contributed by atoms with E-state index in [2.05, 4.69) is 14.9 Å². The van der Waals surface area contributed by atoms with Gasteiger partial charge < -0.3 is 19.4 Å². The van der Waals surface area contributed by atoms with E-state index in [1.807, 2.05) is 37.5 Å². The third-order valence-corrected chi connectivity index (χ3v) is 4.74. The van der Waals surface area contributed by atoms with Crippen molar-refractivity contribution < 1.29 is 14.3 Å². The average molecular weight is 327 g/mol. The summed E-state index contributed by atoms with van der Waals surface area (Å²) in [6.45, 7) is 3.83. The van der Waals surface area contributed by atoms with Crippen LogP contribution in [0.2, 0.25) is 0 Å². The fourth-order valence-corrected chi connectivity index (χ4v) is 3.29. The number of amides is 1. The molecule has 0 saturated heterocycles. The fourth-order valence-electron chi connectivity index (χ4n) is 3.29. The first-order chi connectivity index (χ1) is 11.7. The van der Waals surface area contributed by atoms with Gasteiger partial charge in [0.1, 0.15) is 19.0 Å². The molecule has 0 saturated carbocycles. The quantitative estimate of drug-likeness (QED) is 0.935. The number of fused-ring (bicyclic) bond motifs is 2. The van der Waals surface area contributed by atoms with Crippen molar-refractivity contribution in [2.45, 2.75) is 38.3 Å². The number of aryl methyl sites for hydroxylation is 1. The topological polar surface area (TPSA) is 65.4 Å². The second-order valence-corrected chi connectivity index (χ2v) is 6.36. The number of nitrogens with zero attached hydrogens (tertiary/aromatic N) is 2. The van der Waals surface area contributed by atoms with Crippen LogP contribution in [0.25, 0.3) is 0 Å². The Morgan fingerprint density at radius 3 is 3.04 bits per heavy atom. The monoisotopic (exact) mass is 327 g/mol. The van der Waals surface area contributed by atoms with Crippen molar-refractivity contribution in [3.05, 3.63) is 42.0 Å². The third kappa shape index (κ3) is 2.84. The molecule has 2 aliphatic rings. The molecule has 2 atom stereocenters. The predicted molar refractivity (Wildman–Crippen MR) is 88.3 cm³/mol. The van der Waals surface area contributed by atoms with E-state index in [1.54, 1.807) is 0 Å². The molecule has 6 nitrogen and oxygen atoms in total. The number of carbonyl (C=O) groups excluding carboxylic acids is 1. The number of ether oxygens (including phenoxy) is 2. The van der Waals surface area contributed by atoms with Crippen molar-refractivity contribution in [1.29, 1.82) is 0 Å². The maximum absolute atomic E-state index is 12.6. The molecule has 1 N–H and O–H groups in total. The molecule has 2 aliphatic heterocycles. The van der Waals surface area contributed by atoms with E-state index in [-0.39, 0.29) is 17.9 Å². The maximum Gasteiger partial charge on any atom is 0.227 e. The van der Waals surface area contributed by atoms with E-state index in [4.69, 9.17) is 9.47 Å². The van der Waals surface area contributed by atoms with Crippen molar-refractivity contribution in [3.8, 4) is 11.5 Å². The highest BCUT2D eigenvalue weighted by Gasteiger charge is 2.24. The number of aromatic nitrogens is 2. The lowest BCUT2D eigenvalue weighted by Gasteiger charge is -2.26. The average Bonchev–Trinajstić information content (AvgIpc) is 3.08. The number of imidazole rings is 1. The summed E-state index contributed by atoms with van der Waals surface area (Å²) in [5.41, 5.74) is 0.941. The third-order valence-electron chi connectivity index (χ3n) is 4.74. The van der Waals surface area contributed by atoms with Crippen LogP contribution in [0.3, 0.4) is 0 Å². The highest BCUT2D eigenvalue weighted by Crippen LogP contribution is 2.33. The first-order valence-corrected chi connectivity index (χ1v) is 8.40. The smallest absolute Gasteiger partial charge is 0.227 e. The van der Waals surface area contributed by atoms with E-state index in [9.17, 15) is 4.79 Å². The molecule has 126 valence electrons. The highest BCUT2D eigenvalue weighted by molar-refractivity contribution is 5.83. The zero-order chi connectivity index (χ0) is 16.5. The Bertz CT molecular complexity index is 756. The summed E-state index contributed by atoms with van der Waals surface area (Å²) in [4.78, 5) is 16.9. The Hall–Kier alpha value is -2.50. The number of benzene rings is 1. The maximum atomic E-state index is 12.6. The van der Waals surface area contributed by atoms with Gasteiger partial charge in [0.15, 0.2) is 11.5 Å². The van der Waals surface area contributed by atoms with E-state index in [0.717, 1.165) is 42.3 Å².